The quantitative estimate of drug-likeness (QED) is 0.851. The molecule has 27 heavy (non-hydrogen) atoms. The van der Waals surface area contributed by atoms with E-state index in [9.17, 15) is 4.79 Å². The second-order valence-corrected chi connectivity index (χ2v) is 7.52. The Hall–Kier alpha value is -2.28. The number of halogens is 1. The summed E-state index contributed by atoms with van der Waals surface area (Å²) in [6.45, 7) is 7.10. The smallest absolute Gasteiger partial charge is 0.318 e. The molecule has 1 saturated heterocycles. The third kappa shape index (κ3) is 4.53. The molecule has 2 aromatic rings. The van der Waals surface area contributed by atoms with Gasteiger partial charge in [-0.3, -0.25) is 0 Å². The molecule has 2 amide bonds. The van der Waals surface area contributed by atoms with Crippen molar-refractivity contribution in [2.45, 2.75) is 26.3 Å². The summed E-state index contributed by atoms with van der Waals surface area (Å²) in [6, 6.07) is 7.68. The second kappa shape index (κ2) is 8.61. The van der Waals surface area contributed by atoms with Crippen LogP contribution in [-0.2, 0) is 7.05 Å². The summed E-state index contributed by atoms with van der Waals surface area (Å²) in [5.41, 5.74) is 1.08. The van der Waals surface area contributed by atoms with Gasteiger partial charge in [0.2, 0.25) is 5.95 Å². The lowest BCUT2D eigenvalue weighted by Crippen LogP contribution is -2.53. The Morgan fingerprint density at radius 1 is 1.22 bits per heavy atom. The molecular weight excluding hydrogens is 364 g/mol. The number of hydrogen-bond donors (Lipinski definition) is 1. The van der Waals surface area contributed by atoms with Gasteiger partial charge in [-0.2, -0.15) is 0 Å². The summed E-state index contributed by atoms with van der Waals surface area (Å²) < 4.78 is 1.90. The molecule has 2 atom stereocenters. The molecule has 1 aliphatic heterocycles. The third-order valence-electron chi connectivity index (χ3n) is 5.26. The van der Waals surface area contributed by atoms with E-state index < -0.39 is 0 Å². The number of benzene rings is 1. The number of aryl methyl sites for hydroxylation is 1. The van der Waals surface area contributed by atoms with Gasteiger partial charge in [0, 0.05) is 38.2 Å². The minimum atomic E-state index is -0.0310. The van der Waals surface area contributed by atoms with Crippen LogP contribution in [0.1, 0.15) is 31.9 Å². The topological polar surface area (TPSA) is 66.3 Å². The third-order valence-corrected chi connectivity index (χ3v) is 5.51. The van der Waals surface area contributed by atoms with Crippen LogP contribution >= 0.6 is 11.6 Å². The van der Waals surface area contributed by atoms with Crippen molar-refractivity contribution in [1.29, 1.82) is 0 Å². The number of carbonyl (C=O) groups is 1. The lowest BCUT2D eigenvalue weighted by molar-refractivity contribution is 0.185. The van der Waals surface area contributed by atoms with Gasteiger partial charge in [0.05, 0.1) is 6.04 Å². The number of hydrogen-bond acceptors (Lipinski definition) is 4. The van der Waals surface area contributed by atoms with Gasteiger partial charge < -0.3 is 19.7 Å². The number of anilines is 1. The van der Waals surface area contributed by atoms with Gasteiger partial charge in [-0.15, -0.1) is 10.2 Å². The van der Waals surface area contributed by atoms with Crippen LogP contribution < -0.4 is 10.2 Å². The van der Waals surface area contributed by atoms with Crippen molar-refractivity contribution < 1.29 is 4.79 Å². The average Bonchev–Trinajstić information content (AvgIpc) is 3.12. The molecule has 2 heterocycles. The molecule has 1 fully saturated rings. The van der Waals surface area contributed by atoms with Gasteiger partial charge >= 0.3 is 6.03 Å². The zero-order valence-electron chi connectivity index (χ0n) is 16.1. The van der Waals surface area contributed by atoms with Crippen LogP contribution in [0, 0.1) is 5.92 Å². The van der Waals surface area contributed by atoms with Crippen molar-refractivity contribution in [3.8, 4) is 0 Å². The zero-order valence-corrected chi connectivity index (χ0v) is 16.9. The van der Waals surface area contributed by atoms with E-state index in [1.165, 1.54) is 0 Å². The first kappa shape index (κ1) is 19.5. The molecular formula is C19H27ClN6O. The van der Waals surface area contributed by atoms with E-state index in [0.29, 0.717) is 24.0 Å². The van der Waals surface area contributed by atoms with Crippen molar-refractivity contribution in [1.82, 2.24) is 25.0 Å². The minimum absolute atomic E-state index is 0.0205. The minimum Gasteiger partial charge on any atom is -0.337 e. The fourth-order valence-corrected chi connectivity index (χ4v) is 3.48. The van der Waals surface area contributed by atoms with E-state index in [-0.39, 0.29) is 12.1 Å². The Labute approximate surface area is 165 Å². The number of rotatable bonds is 5. The van der Waals surface area contributed by atoms with Gasteiger partial charge in [0.25, 0.3) is 0 Å². The molecule has 8 heteroatoms. The second-order valence-electron chi connectivity index (χ2n) is 7.08. The first-order valence-corrected chi connectivity index (χ1v) is 9.77. The zero-order chi connectivity index (χ0) is 19.4. The molecule has 1 N–H and O–H groups in total. The normalized spacial score (nSPS) is 16.9. The van der Waals surface area contributed by atoms with Gasteiger partial charge in [0.1, 0.15) is 6.33 Å². The summed E-state index contributed by atoms with van der Waals surface area (Å²) in [5.74, 6) is 1.17. The summed E-state index contributed by atoms with van der Waals surface area (Å²) in [7, 11) is 1.93. The number of nitrogens with one attached hydrogen (secondary N) is 1. The predicted octanol–water partition coefficient (Wildman–Crippen LogP) is 3.09. The summed E-state index contributed by atoms with van der Waals surface area (Å²) in [6.07, 6.45) is 2.67. The molecule has 0 aliphatic carbocycles. The summed E-state index contributed by atoms with van der Waals surface area (Å²) in [4.78, 5) is 16.9. The van der Waals surface area contributed by atoms with E-state index in [4.69, 9.17) is 11.6 Å². The largest absolute Gasteiger partial charge is 0.337 e. The molecule has 146 valence electrons. The number of piperazine rings is 1. The number of urea groups is 1. The fraction of sp³-hybridized carbons (Fsp3) is 0.526. The first-order valence-electron chi connectivity index (χ1n) is 9.39. The molecule has 1 aromatic heterocycles. The Kier molecular flexibility index (Phi) is 6.21. The predicted molar refractivity (Wildman–Crippen MR) is 107 cm³/mol. The van der Waals surface area contributed by atoms with Gasteiger partial charge in [0.15, 0.2) is 0 Å². The van der Waals surface area contributed by atoms with Crippen LogP contribution in [0.5, 0.6) is 0 Å². The molecule has 0 radical (unpaired) electrons. The van der Waals surface area contributed by atoms with E-state index >= 15 is 0 Å². The van der Waals surface area contributed by atoms with Crippen LogP contribution in [0.25, 0.3) is 0 Å². The molecule has 1 aliphatic rings. The van der Waals surface area contributed by atoms with Crippen LogP contribution in [0.4, 0.5) is 10.7 Å². The maximum absolute atomic E-state index is 12.9. The average molecular weight is 391 g/mol. The van der Waals surface area contributed by atoms with Crippen molar-refractivity contribution in [2.24, 2.45) is 13.0 Å². The highest BCUT2D eigenvalue weighted by Gasteiger charge is 2.27. The molecule has 7 nitrogen and oxygen atoms in total. The van der Waals surface area contributed by atoms with E-state index in [1.807, 2.05) is 40.8 Å². The van der Waals surface area contributed by atoms with Crippen LogP contribution in [-0.4, -0.2) is 51.9 Å². The molecule has 0 saturated carbocycles. The highest BCUT2D eigenvalue weighted by atomic mass is 35.5. The monoisotopic (exact) mass is 390 g/mol. The molecule has 2 unspecified atom stereocenters. The van der Waals surface area contributed by atoms with Crippen LogP contribution in [0.2, 0.25) is 5.02 Å². The van der Waals surface area contributed by atoms with Gasteiger partial charge in [-0.25, -0.2) is 4.79 Å². The Morgan fingerprint density at radius 3 is 2.44 bits per heavy atom. The molecule has 1 aromatic carbocycles. The Morgan fingerprint density at radius 2 is 1.89 bits per heavy atom. The van der Waals surface area contributed by atoms with Crippen molar-refractivity contribution in [3.05, 3.63) is 41.2 Å². The number of nitrogens with zero attached hydrogens (tertiary/aromatic N) is 5. The maximum Gasteiger partial charge on any atom is 0.318 e. The summed E-state index contributed by atoms with van der Waals surface area (Å²) in [5, 5.41) is 12.0. The van der Waals surface area contributed by atoms with Crippen LogP contribution in [0.15, 0.2) is 30.6 Å². The standard InChI is InChI=1S/C19H27ClN6O/c1-4-14(2)17(15-5-7-16(20)8-6-15)22-19(27)26-11-9-25(10-12-26)18-23-21-13-24(18)3/h5-8,13-14,17H,4,9-12H2,1-3H3,(H,22,27). The van der Waals surface area contributed by atoms with Crippen molar-refractivity contribution >= 4 is 23.6 Å². The fourth-order valence-electron chi connectivity index (χ4n) is 3.36. The lowest BCUT2D eigenvalue weighted by atomic mass is 9.92. The van der Waals surface area contributed by atoms with E-state index in [2.05, 4.69) is 34.3 Å². The first-order chi connectivity index (χ1) is 13.0. The highest BCUT2D eigenvalue weighted by molar-refractivity contribution is 6.30. The lowest BCUT2D eigenvalue weighted by Gasteiger charge is -2.36. The molecule has 3 rings (SSSR count). The van der Waals surface area contributed by atoms with E-state index in [1.54, 1.807) is 6.33 Å². The van der Waals surface area contributed by atoms with E-state index in [0.717, 1.165) is 31.0 Å². The van der Waals surface area contributed by atoms with Gasteiger partial charge in [-0.1, -0.05) is 44.0 Å². The number of amides is 2. The SMILES string of the molecule is CCC(C)C(NC(=O)N1CCN(c2nncn2C)CC1)c1ccc(Cl)cc1. The molecule has 0 spiro atoms. The van der Waals surface area contributed by atoms with Crippen molar-refractivity contribution in [3.63, 3.8) is 0 Å². The van der Waals surface area contributed by atoms with Crippen LogP contribution in [0.3, 0.4) is 0 Å². The molecule has 0 bridgehead atoms. The van der Waals surface area contributed by atoms with Gasteiger partial charge in [-0.05, 0) is 23.6 Å². The summed E-state index contributed by atoms with van der Waals surface area (Å²) >= 11 is 6.01. The number of aromatic nitrogens is 3. The Balaban J connectivity index is 1.62. The van der Waals surface area contributed by atoms with Crippen molar-refractivity contribution in [2.75, 3.05) is 31.1 Å². The maximum atomic E-state index is 12.9. The Bertz CT molecular complexity index is 754. The number of carbonyl (C=O) groups excluding carboxylic acids is 1. The highest BCUT2D eigenvalue weighted by Crippen LogP contribution is 2.26.